The van der Waals surface area contributed by atoms with Crippen LogP contribution in [0.4, 0.5) is 0 Å². The van der Waals surface area contributed by atoms with Crippen LogP contribution in [0.15, 0.2) is 22.4 Å². The van der Waals surface area contributed by atoms with Gasteiger partial charge in [0.25, 0.3) is 0 Å². The van der Waals surface area contributed by atoms with Gasteiger partial charge in [0.05, 0.1) is 22.9 Å². The molecule has 76 valence electrons. The number of aryl methyl sites for hydroxylation is 1. The largest absolute Gasteiger partial charge is 0.384 e. The van der Waals surface area contributed by atoms with Crippen LogP contribution in [0.25, 0.3) is 0 Å². The maximum Gasteiger partial charge on any atom is 0.145 e. The second kappa shape index (κ2) is 5.18. The molecular weight excluding hydrogens is 258 g/mol. The topological polar surface area (TPSA) is 77.4 Å². The van der Waals surface area contributed by atoms with Crippen molar-refractivity contribution >= 4 is 15.9 Å². The summed E-state index contributed by atoms with van der Waals surface area (Å²) in [6, 6.07) is 3.53. The summed E-state index contributed by atoms with van der Waals surface area (Å²) < 4.78 is 2.60. The van der Waals surface area contributed by atoms with Crippen LogP contribution in [0.3, 0.4) is 0 Å². The lowest BCUT2D eigenvalue weighted by atomic mass is 10.3. The number of nitrogens with zero attached hydrogens (tertiary/aromatic N) is 4. The quantitative estimate of drug-likeness (QED) is 0.834. The fourth-order valence-electron chi connectivity index (χ4n) is 0.974. The van der Waals surface area contributed by atoms with E-state index in [2.05, 4.69) is 26.3 Å². The van der Waals surface area contributed by atoms with Crippen LogP contribution in [0.5, 0.6) is 0 Å². The minimum Gasteiger partial charge on any atom is -0.384 e. The van der Waals surface area contributed by atoms with E-state index in [-0.39, 0.29) is 5.57 Å². The van der Waals surface area contributed by atoms with Gasteiger partial charge < -0.3 is 5.32 Å². The zero-order chi connectivity index (χ0) is 11.3. The summed E-state index contributed by atoms with van der Waals surface area (Å²) in [6.45, 7) is 0.504. The van der Waals surface area contributed by atoms with Crippen LogP contribution in [0, 0.1) is 22.7 Å². The van der Waals surface area contributed by atoms with E-state index in [0.717, 1.165) is 10.2 Å². The smallest absolute Gasteiger partial charge is 0.145 e. The number of nitriles is 2. The molecule has 1 aromatic rings. The average Bonchev–Trinajstić information content (AvgIpc) is 2.55. The van der Waals surface area contributed by atoms with Crippen LogP contribution >= 0.6 is 15.9 Å². The lowest BCUT2D eigenvalue weighted by Crippen LogP contribution is -2.10. The number of aromatic nitrogens is 2. The zero-order valence-electron chi connectivity index (χ0n) is 8.03. The Bertz CT molecular complexity index is 424. The lowest BCUT2D eigenvalue weighted by Gasteiger charge is -2.02. The van der Waals surface area contributed by atoms with Gasteiger partial charge in [-0.3, -0.25) is 4.68 Å². The molecule has 15 heavy (non-hydrogen) atoms. The molecule has 0 aliphatic rings. The Morgan fingerprint density at radius 2 is 2.33 bits per heavy atom. The predicted octanol–water partition coefficient (Wildman–Crippen LogP) is 1.20. The second-order valence-electron chi connectivity index (χ2n) is 2.73. The molecular formula is C9H8BrN5. The van der Waals surface area contributed by atoms with E-state index in [1.54, 1.807) is 23.0 Å². The number of halogens is 1. The molecule has 0 aliphatic heterocycles. The molecule has 6 heteroatoms. The summed E-state index contributed by atoms with van der Waals surface area (Å²) in [7, 11) is 1.82. The molecule has 0 aromatic carbocycles. The third kappa shape index (κ3) is 2.83. The van der Waals surface area contributed by atoms with Crippen LogP contribution in [-0.4, -0.2) is 9.78 Å². The van der Waals surface area contributed by atoms with Gasteiger partial charge >= 0.3 is 0 Å². The first-order chi connectivity index (χ1) is 7.19. The number of rotatable bonds is 3. The molecule has 0 aliphatic carbocycles. The van der Waals surface area contributed by atoms with Crippen molar-refractivity contribution < 1.29 is 0 Å². The summed E-state index contributed by atoms with van der Waals surface area (Å²) >= 11 is 3.34. The van der Waals surface area contributed by atoms with Crippen molar-refractivity contribution in [1.29, 1.82) is 10.5 Å². The maximum atomic E-state index is 8.48. The highest BCUT2D eigenvalue weighted by molar-refractivity contribution is 9.10. The van der Waals surface area contributed by atoms with Crippen molar-refractivity contribution in [3.05, 3.63) is 28.1 Å². The molecule has 1 N–H and O–H groups in total. The van der Waals surface area contributed by atoms with Gasteiger partial charge in [-0.1, -0.05) is 0 Å². The third-order valence-electron chi connectivity index (χ3n) is 1.77. The van der Waals surface area contributed by atoms with E-state index in [1.807, 2.05) is 7.05 Å². The first kappa shape index (κ1) is 11.3. The predicted molar refractivity (Wildman–Crippen MR) is 57.1 cm³/mol. The Kier molecular flexibility index (Phi) is 3.90. The van der Waals surface area contributed by atoms with Crippen molar-refractivity contribution in [3.8, 4) is 12.1 Å². The van der Waals surface area contributed by atoms with Gasteiger partial charge in [-0.2, -0.15) is 15.6 Å². The van der Waals surface area contributed by atoms with E-state index in [1.165, 1.54) is 6.20 Å². The monoisotopic (exact) mass is 265 g/mol. The van der Waals surface area contributed by atoms with Gasteiger partial charge in [-0.15, -0.1) is 0 Å². The van der Waals surface area contributed by atoms with Crippen molar-refractivity contribution in [2.24, 2.45) is 7.05 Å². The number of nitrogens with one attached hydrogen (secondary N) is 1. The molecule has 0 bridgehead atoms. The molecule has 1 aromatic heterocycles. The van der Waals surface area contributed by atoms with Gasteiger partial charge in [0.1, 0.15) is 17.7 Å². The molecule has 1 heterocycles. The minimum atomic E-state index is 0.0493. The van der Waals surface area contributed by atoms with Gasteiger partial charge in [-0.05, 0) is 15.9 Å². The van der Waals surface area contributed by atoms with Crippen LogP contribution in [-0.2, 0) is 13.6 Å². The number of allylic oxidation sites excluding steroid dienone is 1. The lowest BCUT2D eigenvalue weighted by molar-refractivity contribution is 0.682. The van der Waals surface area contributed by atoms with Crippen molar-refractivity contribution in [2.75, 3.05) is 0 Å². The van der Waals surface area contributed by atoms with Gasteiger partial charge in [0.15, 0.2) is 0 Å². The normalized spacial score (nSPS) is 8.80. The first-order valence-corrected chi connectivity index (χ1v) is 4.88. The molecule has 0 saturated heterocycles. The van der Waals surface area contributed by atoms with Crippen molar-refractivity contribution in [3.63, 3.8) is 0 Å². The van der Waals surface area contributed by atoms with E-state index in [9.17, 15) is 0 Å². The second-order valence-corrected chi connectivity index (χ2v) is 3.58. The maximum absolute atomic E-state index is 8.48. The van der Waals surface area contributed by atoms with Crippen LogP contribution in [0.2, 0.25) is 0 Å². The van der Waals surface area contributed by atoms with Gasteiger partial charge in [0, 0.05) is 13.2 Å². The highest BCUT2D eigenvalue weighted by Gasteiger charge is 2.03. The Hall–Kier alpha value is -1.79. The standard InChI is InChI=1S/C9H8BrN5/c1-15-9(8(10)5-14-15)6-13-4-7(2-11)3-12/h4-5,13H,6H2,1H3. The molecule has 1 rings (SSSR count). The zero-order valence-corrected chi connectivity index (χ0v) is 9.61. The third-order valence-corrected chi connectivity index (χ3v) is 2.43. The summed E-state index contributed by atoms with van der Waals surface area (Å²) in [6.07, 6.45) is 3.08. The molecule has 0 amide bonds. The molecule has 0 saturated carbocycles. The van der Waals surface area contributed by atoms with Crippen LogP contribution < -0.4 is 5.32 Å². The number of hydrogen-bond acceptors (Lipinski definition) is 4. The van der Waals surface area contributed by atoms with E-state index in [4.69, 9.17) is 10.5 Å². The van der Waals surface area contributed by atoms with Crippen LogP contribution in [0.1, 0.15) is 5.69 Å². The number of hydrogen-bond donors (Lipinski definition) is 1. The Balaban J connectivity index is 2.64. The molecule has 0 fully saturated rings. The average molecular weight is 266 g/mol. The fraction of sp³-hybridized carbons (Fsp3) is 0.222. The van der Waals surface area contributed by atoms with E-state index in [0.29, 0.717) is 6.54 Å². The van der Waals surface area contributed by atoms with E-state index < -0.39 is 0 Å². The van der Waals surface area contributed by atoms with Crippen molar-refractivity contribution in [2.45, 2.75) is 6.54 Å². The SMILES string of the molecule is Cn1ncc(Br)c1CNC=C(C#N)C#N. The van der Waals surface area contributed by atoms with Gasteiger partial charge in [0.2, 0.25) is 0 Å². The van der Waals surface area contributed by atoms with Gasteiger partial charge in [-0.25, -0.2) is 0 Å². The van der Waals surface area contributed by atoms with Crippen molar-refractivity contribution in [1.82, 2.24) is 15.1 Å². The van der Waals surface area contributed by atoms with E-state index >= 15 is 0 Å². The molecule has 5 nitrogen and oxygen atoms in total. The Morgan fingerprint density at radius 3 is 2.80 bits per heavy atom. The highest BCUT2D eigenvalue weighted by atomic mass is 79.9. The molecule has 0 unspecified atom stereocenters. The fourth-order valence-corrected chi connectivity index (χ4v) is 1.46. The summed E-state index contributed by atoms with van der Waals surface area (Å²) in [5.74, 6) is 0. The molecule has 0 radical (unpaired) electrons. The molecule has 0 spiro atoms. The Morgan fingerprint density at radius 1 is 1.67 bits per heavy atom. The Labute approximate surface area is 95.7 Å². The minimum absolute atomic E-state index is 0.0493. The summed E-state index contributed by atoms with van der Waals surface area (Å²) in [4.78, 5) is 0. The summed E-state index contributed by atoms with van der Waals surface area (Å²) in [5.41, 5.74) is 0.995. The first-order valence-electron chi connectivity index (χ1n) is 4.09. The highest BCUT2D eigenvalue weighted by Crippen LogP contribution is 2.14. The molecule has 0 atom stereocenters. The summed E-state index contributed by atoms with van der Waals surface area (Å²) in [5, 5.41) is 23.9.